The van der Waals surface area contributed by atoms with Crippen LogP contribution in [0.1, 0.15) is 0 Å². The van der Waals surface area contributed by atoms with Crippen LogP contribution in [-0.2, 0) is 21.0 Å². The van der Waals surface area contributed by atoms with Crippen LogP contribution in [-0.4, -0.2) is 11.6 Å². The quantitative estimate of drug-likeness (QED) is 0.319. The summed E-state index contributed by atoms with van der Waals surface area (Å²) in [5.41, 5.74) is 0. The van der Waals surface area contributed by atoms with Gasteiger partial charge in [-0.3, -0.25) is 4.79 Å². The van der Waals surface area contributed by atoms with Gasteiger partial charge in [-0.05, 0) is 0 Å². The molecule has 0 rings (SSSR count). The molecule has 0 aliphatic heterocycles. The van der Waals surface area contributed by atoms with E-state index in [1.807, 2.05) is 0 Å². The van der Waals surface area contributed by atoms with Crippen LogP contribution in [0, 0.1) is 0 Å². The maximum atomic E-state index is 8.36. The standard InChI is InChI=1S/CH2O2.Mn.H2N/c2-1-3;;/h1H,(H,2,3);;1H2/q;+1;-1. The van der Waals surface area contributed by atoms with E-state index >= 15 is 0 Å². The molecule has 0 fully saturated rings. The molecule has 0 bridgehead atoms. The van der Waals surface area contributed by atoms with Gasteiger partial charge in [0.25, 0.3) is 6.47 Å². The molecule has 0 spiro atoms. The molecule has 0 atom stereocenters. The predicted molar refractivity (Wildman–Crippen MR) is 12.9 cm³/mol. The van der Waals surface area contributed by atoms with E-state index in [0.29, 0.717) is 0 Å². The first-order valence-electron chi connectivity index (χ1n) is 0.712. The molecule has 32 valence electrons. The van der Waals surface area contributed by atoms with Gasteiger partial charge in [-0.2, -0.15) is 0 Å². The molecule has 0 aliphatic carbocycles. The molecule has 3 nitrogen and oxygen atoms in total. The molecular weight excluding hydrogens is 113 g/mol. The number of carbonyl (C=O) groups is 1. The third-order valence-corrected chi connectivity index (χ3v) is 0. The third kappa shape index (κ3) is 5880. The zero-order chi connectivity index (χ0) is 4.71. The van der Waals surface area contributed by atoms with Gasteiger partial charge in [-0.25, -0.2) is 0 Å². The predicted octanol–water partition coefficient (Wildman–Crippen LogP) is -0.892. The van der Waals surface area contributed by atoms with E-state index < -0.39 is 0 Å². The summed E-state index contributed by atoms with van der Waals surface area (Å²) in [5, 5.41) is 6.89. The molecule has 0 saturated heterocycles. The van der Waals surface area contributed by atoms with Gasteiger partial charge in [0.2, 0.25) is 0 Å². The normalized spacial score (nSPS) is 3.60. The van der Waals surface area contributed by atoms with Gasteiger partial charge in [0, 0.05) is 0 Å². The first-order valence-corrected chi connectivity index (χ1v) is 1.39. The second kappa shape index (κ2) is 38.1. The summed E-state index contributed by atoms with van der Waals surface area (Å²) in [6.07, 6.45) is 0. The average molecular weight is 117 g/mol. The maximum absolute atomic E-state index is 8.36. The van der Waals surface area contributed by atoms with E-state index in [2.05, 4.69) is 21.0 Å². The Morgan fingerprint density at radius 3 is 1.80 bits per heavy atom. The molecule has 5 heavy (non-hydrogen) atoms. The molecule has 0 heterocycles. The summed E-state index contributed by atoms with van der Waals surface area (Å²) in [6, 6.07) is 0. The summed E-state index contributed by atoms with van der Waals surface area (Å²) < 4.78 is 4.31. The summed E-state index contributed by atoms with van der Waals surface area (Å²) in [5.74, 6) is 0. The molecule has 0 unspecified atom stereocenters. The Morgan fingerprint density at radius 2 is 1.80 bits per heavy atom. The Labute approximate surface area is 38.2 Å². The molecule has 0 aromatic heterocycles. The van der Waals surface area contributed by atoms with E-state index in [9.17, 15) is 0 Å². The molecule has 0 aromatic rings. The third-order valence-electron chi connectivity index (χ3n) is 0. The molecule has 3 N–H and O–H groups in total. The van der Waals surface area contributed by atoms with E-state index in [0.717, 1.165) is 0 Å². The van der Waals surface area contributed by atoms with E-state index in [4.69, 9.17) is 9.90 Å². The van der Waals surface area contributed by atoms with Crippen LogP contribution in [0.3, 0.4) is 0 Å². The molecule has 0 amide bonds. The number of hydrogen-bond acceptors (Lipinski definition) is 2. The van der Waals surface area contributed by atoms with E-state index in [-0.39, 0.29) is 6.47 Å². The number of rotatable bonds is 0. The Balaban J connectivity index is 0. The zero-order valence-electron chi connectivity index (χ0n) is 2.39. The first kappa shape index (κ1) is 8.87. The second-order valence-electron chi connectivity index (χ2n) is 0.105. The topological polar surface area (TPSA) is 63.3 Å². The fourth-order valence-electron chi connectivity index (χ4n) is 0. The van der Waals surface area contributed by atoms with Gasteiger partial charge < -0.3 is 5.11 Å². The van der Waals surface area contributed by atoms with Crippen molar-refractivity contribution in [2.75, 3.05) is 0 Å². The molecule has 0 aliphatic rings. The SMILES string of the molecule is O=CO.[NH2][Mn]. The number of nitrogens with two attached hydrogens (primary N) is 1. The summed E-state index contributed by atoms with van der Waals surface area (Å²) >= 11 is 2.44. The fraction of sp³-hybridized carbons (Fsp3) is 0. The summed E-state index contributed by atoms with van der Waals surface area (Å²) in [4.78, 5) is 8.36. The Bertz CT molecular complexity index is 17.1. The second-order valence-corrected chi connectivity index (χ2v) is 0.105. The number of carboxylic acid groups (broad SMARTS) is 1. The molecule has 0 radical (unpaired) electrons. The minimum atomic E-state index is -0.250. The zero-order valence-corrected chi connectivity index (χ0v) is 3.57. The van der Waals surface area contributed by atoms with Crippen LogP contribution in [0.4, 0.5) is 0 Å². The van der Waals surface area contributed by atoms with Gasteiger partial charge in [-0.15, -0.1) is 0 Å². The van der Waals surface area contributed by atoms with Crippen LogP contribution in [0.15, 0.2) is 0 Å². The molecule has 4 heteroatoms. The Hall–Kier alpha value is -0.0505. The van der Waals surface area contributed by atoms with Gasteiger partial charge in [-0.1, -0.05) is 0 Å². The van der Waals surface area contributed by atoms with Crippen molar-refractivity contribution >= 4 is 6.47 Å². The van der Waals surface area contributed by atoms with Gasteiger partial charge in [0.1, 0.15) is 0 Å². The minimum absolute atomic E-state index is 0.250. The van der Waals surface area contributed by atoms with Gasteiger partial charge in [0.05, 0.1) is 0 Å². The van der Waals surface area contributed by atoms with Crippen LogP contribution in [0.25, 0.3) is 0 Å². The molecule has 0 saturated carbocycles. The van der Waals surface area contributed by atoms with Crippen molar-refractivity contribution in [3.8, 4) is 0 Å². The van der Waals surface area contributed by atoms with Crippen LogP contribution in [0.2, 0.25) is 0 Å². The monoisotopic (exact) mass is 117 g/mol. The van der Waals surface area contributed by atoms with Crippen LogP contribution < -0.4 is 4.75 Å². The summed E-state index contributed by atoms with van der Waals surface area (Å²) in [7, 11) is 0. The van der Waals surface area contributed by atoms with Crippen molar-refractivity contribution in [2.45, 2.75) is 0 Å². The van der Waals surface area contributed by atoms with Crippen molar-refractivity contribution < 1.29 is 26.1 Å². The first-order chi connectivity index (χ1) is 2.41. The van der Waals surface area contributed by atoms with Crippen LogP contribution in [0.5, 0.6) is 0 Å². The molecular formula is CH4MnNO2. The molecule has 0 aromatic carbocycles. The Morgan fingerprint density at radius 1 is 1.80 bits per heavy atom. The van der Waals surface area contributed by atoms with Crippen molar-refractivity contribution in [2.24, 2.45) is 4.75 Å². The van der Waals surface area contributed by atoms with E-state index in [1.165, 1.54) is 0 Å². The average Bonchev–Trinajstić information content (AvgIpc) is 1.46. The Kier molecular flexibility index (Phi) is 67.6. The van der Waals surface area contributed by atoms with Crippen molar-refractivity contribution in [3.05, 3.63) is 0 Å². The fourth-order valence-corrected chi connectivity index (χ4v) is 0. The van der Waals surface area contributed by atoms with Crippen molar-refractivity contribution in [1.29, 1.82) is 0 Å². The van der Waals surface area contributed by atoms with Gasteiger partial charge in [0.15, 0.2) is 0 Å². The van der Waals surface area contributed by atoms with E-state index in [1.54, 1.807) is 0 Å². The van der Waals surface area contributed by atoms with Crippen LogP contribution >= 0.6 is 0 Å². The van der Waals surface area contributed by atoms with Gasteiger partial charge >= 0.3 is 21.0 Å². The summed E-state index contributed by atoms with van der Waals surface area (Å²) in [6.45, 7) is -0.250. The van der Waals surface area contributed by atoms with Crippen molar-refractivity contribution in [1.82, 2.24) is 0 Å². The van der Waals surface area contributed by atoms with Crippen molar-refractivity contribution in [3.63, 3.8) is 0 Å². The number of hydrogen-bond donors (Lipinski definition) is 2.